The molecule has 2 aliphatic rings. The van der Waals surface area contributed by atoms with Gasteiger partial charge in [-0.05, 0) is 37.6 Å². The minimum atomic E-state index is 0.163. The Morgan fingerprint density at radius 1 is 1.13 bits per heavy atom. The Morgan fingerprint density at radius 2 is 1.93 bits per heavy atom. The normalized spacial score (nSPS) is 21.1. The summed E-state index contributed by atoms with van der Waals surface area (Å²) >= 11 is 0. The summed E-state index contributed by atoms with van der Waals surface area (Å²) in [6, 6.07) is 0. The second-order valence-electron chi connectivity index (χ2n) is 5.01. The fourth-order valence-electron chi connectivity index (χ4n) is 1.93. The third-order valence-electron chi connectivity index (χ3n) is 3.52. The van der Waals surface area contributed by atoms with Crippen LogP contribution in [0.5, 0.6) is 0 Å². The highest BCUT2D eigenvalue weighted by molar-refractivity contribution is 5.77. The van der Waals surface area contributed by atoms with E-state index in [1.54, 1.807) is 0 Å². The van der Waals surface area contributed by atoms with Gasteiger partial charge in [0.05, 0.1) is 6.54 Å². The fourth-order valence-corrected chi connectivity index (χ4v) is 1.93. The Labute approximate surface area is 92.0 Å². The van der Waals surface area contributed by atoms with Crippen molar-refractivity contribution in [3.63, 3.8) is 0 Å². The van der Waals surface area contributed by atoms with Gasteiger partial charge in [-0.15, -0.1) is 0 Å². The van der Waals surface area contributed by atoms with E-state index in [1.807, 2.05) is 0 Å². The maximum absolute atomic E-state index is 11.3. The maximum Gasteiger partial charge on any atom is 0.233 e. The van der Waals surface area contributed by atoms with Crippen molar-refractivity contribution in [1.29, 1.82) is 0 Å². The minimum absolute atomic E-state index is 0.163. The zero-order valence-electron chi connectivity index (χ0n) is 9.43. The van der Waals surface area contributed by atoms with Gasteiger partial charge in [-0.1, -0.05) is 19.3 Å². The Kier molecular flexibility index (Phi) is 4.01. The average molecular weight is 210 g/mol. The third-order valence-corrected chi connectivity index (χ3v) is 3.52. The van der Waals surface area contributed by atoms with Gasteiger partial charge < -0.3 is 10.6 Å². The lowest BCUT2D eigenvalue weighted by molar-refractivity contribution is -0.120. The Morgan fingerprint density at radius 3 is 2.53 bits per heavy atom. The predicted octanol–water partition coefficient (Wildman–Crippen LogP) is 1.29. The summed E-state index contributed by atoms with van der Waals surface area (Å²) in [6.45, 7) is 2.39. The molecule has 0 aromatic heterocycles. The lowest BCUT2D eigenvalue weighted by Crippen LogP contribution is -2.35. The highest BCUT2D eigenvalue weighted by atomic mass is 16.1. The van der Waals surface area contributed by atoms with Crippen LogP contribution in [0.15, 0.2) is 0 Å². The van der Waals surface area contributed by atoms with Gasteiger partial charge in [0.2, 0.25) is 5.91 Å². The summed E-state index contributed by atoms with van der Waals surface area (Å²) in [4.78, 5) is 11.3. The quantitative estimate of drug-likeness (QED) is 0.622. The van der Waals surface area contributed by atoms with Crippen molar-refractivity contribution in [3.05, 3.63) is 0 Å². The molecule has 0 saturated heterocycles. The van der Waals surface area contributed by atoms with Gasteiger partial charge in [-0.3, -0.25) is 4.79 Å². The summed E-state index contributed by atoms with van der Waals surface area (Å²) < 4.78 is 0. The van der Waals surface area contributed by atoms with E-state index in [4.69, 9.17) is 0 Å². The Balaban J connectivity index is 1.40. The lowest BCUT2D eigenvalue weighted by Gasteiger charge is -2.25. The molecule has 2 aliphatic carbocycles. The first-order chi connectivity index (χ1) is 7.34. The van der Waals surface area contributed by atoms with Crippen LogP contribution in [0.25, 0.3) is 0 Å². The molecule has 2 saturated carbocycles. The van der Waals surface area contributed by atoms with E-state index in [0.29, 0.717) is 6.54 Å². The van der Waals surface area contributed by atoms with Crippen LogP contribution in [-0.4, -0.2) is 25.5 Å². The van der Waals surface area contributed by atoms with Crippen molar-refractivity contribution < 1.29 is 4.79 Å². The second-order valence-corrected chi connectivity index (χ2v) is 5.01. The number of amides is 1. The van der Waals surface area contributed by atoms with Crippen molar-refractivity contribution in [1.82, 2.24) is 10.6 Å². The summed E-state index contributed by atoms with van der Waals surface area (Å²) in [5.74, 6) is 1.88. The summed E-state index contributed by atoms with van der Waals surface area (Å²) in [6.07, 6.45) is 8.05. The van der Waals surface area contributed by atoms with Crippen LogP contribution in [0.3, 0.4) is 0 Å². The molecule has 3 heteroatoms. The van der Waals surface area contributed by atoms with E-state index in [0.717, 1.165) is 24.9 Å². The van der Waals surface area contributed by atoms with E-state index in [9.17, 15) is 4.79 Å². The predicted molar refractivity (Wildman–Crippen MR) is 60.6 cm³/mol. The van der Waals surface area contributed by atoms with Crippen LogP contribution in [-0.2, 0) is 4.79 Å². The molecule has 3 nitrogen and oxygen atoms in total. The minimum Gasteiger partial charge on any atom is -0.355 e. The molecule has 2 N–H and O–H groups in total. The van der Waals surface area contributed by atoms with Crippen LogP contribution < -0.4 is 10.6 Å². The third kappa shape index (κ3) is 4.20. The molecule has 1 amide bonds. The Hall–Kier alpha value is -0.570. The molecule has 0 aromatic carbocycles. The van der Waals surface area contributed by atoms with Gasteiger partial charge >= 0.3 is 0 Å². The van der Waals surface area contributed by atoms with Crippen molar-refractivity contribution in [2.75, 3.05) is 19.6 Å². The number of carbonyl (C=O) groups excluding carboxylic acids is 1. The van der Waals surface area contributed by atoms with Crippen molar-refractivity contribution in [2.45, 2.75) is 38.5 Å². The molecule has 0 bridgehead atoms. The standard InChI is InChI=1S/C12H22N2O/c15-12(14-8-11-4-5-11)9-13-7-6-10-2-1-3-10/h10-11,13H,1-9H2,(H,14,15). The van der Waals surface area contributed by atoms with Crippen molar-refractivity contribution in [3.8, 4) is 0 Å². The molecule has 2 rings (SSSR count). The molecule has 0 radical (unpaired) electrons. The molecule has 2 fully saturated rings. The van der Waals surface area contributed by atoms with Gasteiger partial charge in [0.25, 0.3) is 0 Å². The molecular formula is C12H22N2O. The molecule has 0 unspecified atom stereocenters. The van der Waals surface area contributed by atoms with Gasteiger partial charge in [-0.2, -0.15) is 0 Å². The van der Waals surface area contributed by atoms with Crippen molar-refractivity contribution >= 4 is 5.91 Å². The first kappa shape index (κ1) is 10.9. The van der Waals surface area contributed by atoms with E-state index < -0.39 is 0 Å². The largest absolute Gasteiger partial charge is 0.355 e. The average Bonchev–Trinajstić information content (AvgIpc) is 2.95. The molecule has 0 aliphatic heterocycles. The Bertz CT molecular complexity index is 210. The zero-order chi connectivity index (χ0) is 10.5. The highest BCUT2D eigenvalue weighted by Crippen LogP contribution is 2.28. The molecule has 0 atom stereocenters. The molecule has 86 valence electrons. The van der Waals surface area contributed by atoms with Gasteiger partial charge in [0.1, 0.15) is 0 Å². The number of carbonyl (C=O) groups is 1. The topological polar surface area (TPSA) is 41.1 Å². The van der Waals surface area contributed by atoms with Crippen LogP contribution in [0, 0.1) is 11.8 Å². The number of nitrogens with one attached hydrogen (secondary N) is 2. The van der Waals surface area contributed by atoms with Crippen molar-refractivity contribution in [2.24, 2.45) is 11.8 Å². The molecular weight excluding hydrogens is 188 g/mol. The van der Waals surface area contributed by atoms with Crippen LogP contribution in [0.4, 0.5) is 0 Å². The van der Waals surface area contributed by atoms with E-state index in [-0.39, 0.29) is 5.91 Å². The van der Waals surface area contributed by atoms with E-state index in [2.05, 4.69) is 10.6 Å². The number of hydrogen-bond acceptors (Lipinski definition) is 2. The summed E-state index contributed by atoms with van der Waals surface area (Å²) in [5.41, 5.74) is 0. The smallest absolute Gasteiger partial charge is 0.233 e. The molecule has 0 spiro atoms. The van der Waals surface area contributed by atoms with E-state index >= 15 is 0 Å². The van der Waals surface area contributed by atoms with Gasteiger partial charge in [0.15, 0.2) is 0 Å². The zero-order valence-corrected chi connectivity index (χ0v) is 9.43. The van der Waals surface area contributed by atoms with Crippen LogP contribution in [0.2, 0.25) is 0 Å². The highest BCUT2D eigenvalue weighted by Gasteiger charge is 2.21. The van der Waals surface area contributed by atoms with E-state index in [1.165, 1.54) is 38.5 Å². The molecule has 0 heterocycles. The monoisotopic (exact) mass is 210 g/mol. The first-order valence-corrected chi connectivity index (χ1v) is 6.32. The number of hydrogen-bond donors (Lipinski definition) is 2. The second kappa shape index (κ2) is 5.50. The van der Waals surface area contributed by atoms with Gasteiger partial charge in [0, 0.05) is 6.54 Å². The summed E-state index contributed by atoms with van der Waals surface area (Å²) in [7, 11) is 0. The summed E-state index contributed by atoms with van der Waals surface area (Å²) in [5, 5.41) is 6.18. The molecule has 15 heavy (non-hydrogen) atoms. The fraction of sp³-hybridized carbons (Fsp3) is 0.917. The van der Waals surface area contributed by atoms with Gasteiger partial charge in [-0.25, -0.2) is 0 Å². The first-order valence-electron chi connectivity index (χ1n) is 6.32. The SMILES string of the molecule is O=C(CNCCC1CCC1)NCC1CC1. The number of rotatable bonds is 7. The van der Waals surface area contributed by atoms with Crippen LogP contribution >= 0.6 is 0 Å². The van der Waals surface area contributed by atoms with Crippen LogP contribution in [0.1, 0.15) is 38.5 Å². The molecule has 0 aromatic rings. The lowest BCUT2D eigenvalue weighted by atomic mass is 9.83. The maximum atomic E-state index is 11.3.